The lowest BCUT2D eigenvalue weighted by Crippen LogP contribution is -1.94. The molecule has 0 atom stereocenters. The lowest BCUT2D eigenvalue weighted by atomic mass is 10.2. The van der Waals surface area contributed by atoms with Crippen molar-refractivity contribution in [2.75, 3.05) is 5.75 Å². The van der Waals surface area contributed by atoms with Gasteiger partial charge in [-0.1, -0.05) is 12.1 Å². The van der Waals surface area contributed by atoms with Crippen molar-refractivity contribution in [3.63, 3.8) is 0 Å². The van der Waals surface area contributed by atoms with Gasteiger partial charge in [-0.2, -0.15) is 0 Å². The topological polar surface area (TPSA) is 38.7 Å². The third-order valence-electron chi connectivity index (χ3n) is 2.23. The summed E-state index contributed by atoms with van der Waals surface area (Å²) in [7, 11) is 0. The maximum Gasteiger partial charge on any atom is 0.238 e. The van der Waals surface area contributed by atoms with E-state index in [0.29, 0.717) is 12.2 Å². The molecule has 1 heterocycles. The first kappa shape index (κ1) is 12.2. The van der Waals surface area contributed by atoms with Crippen LogP contribution in [0.1, 0.15) is 12.8 Å². The number of hydrogen-bond donors (Lipinski definition) is 0. The smallest absolute Gasteiger partial charge is 0.211 e. The fourth-order valence-corrected chi connectivity index (χ4v) is 2.35. The van der Waals surface area contributed by atoms with Crippen LogP contribution in [0.5, 0.6) is 0 Å². The van der Waals surface area contributed by atoms with Crippen molar-refractivity contribution in [2.24, 2.45) is 0 Å². The molecular formula is C11H11F2N3S. The van der Waals surface area contributed by atoms with Crippen LogP contribution in [-0.2, 0) is 0 Å². The molecule has 0 aliphatic heterocycles. The van der Waals surface area contributed by atoms with Gasteiger partial charge in [-0.25, -0.2) is 8.78 Å². The highest BCUT2D eigenvalue weighted by Crippen LogP contribution is 2.24. The quantitative estimate of drug-likeness (QED) is 0.607. The summed E-state index contributed by atoms with van der Waals surface area (Å²) in [6.45, 7) is 0. The molecule has 90 valence electrons. The first-order valence-corrected chi connectivity index (χ1v) is 6.25. The van der Waals surface area contributed by atoms with Gasteiger partial charge < -0.3 is 0 Å². The van der Waals surface area contributed by atoms with Gasteiger partial charge in [-0.15, -0.1) is 22.0 Å². The standard InChI is InChI=1S/C11H11F2N3S/c12-10(13)6-3-7-17-11-8-4-1-2-5-9(8)14-16-15-11/h1-2,4-5,10H,3,6-7H2. The molecule has 1 aromatic carbocycles. The highest BCUT2D eigenvalue weighted by atomic mass is 32.2. The van der Waals surface area contributed by atoms with E-state index in [2.05, 4.69) is 15.4 Å². The van der Waals surface area contributed by atoms with Crippen molar-refractivity contribution >= 4 is 22.7 Å². The zero-order valence-corrected chi connectivity index (χ0v) is 9.83. The van der Waals surface area contributed by atoms with Gasteiger partial charge in [0.15, 0.2) is 0 Å². The Hall–Kier alpha value is -1.30. The summed E-state index contributed by atoms with van der Waals surface area (Å²) in [5, 5.41) is 13.2. The fraction of sp³-hybridized carbons (Fsp3) is 0.364. The Morgan fingerprint density at radius 3 is 2.82 bits per heavy atom. The van der Waals surface area contributed by atoms with Gasteiger partial charge in [-0.3, -0.25) is 0 Å². The number of halogens is 2. The van der Waals surface area contributed by atoms with Gasteiger partial charge in [0.25, 0.3) is 0 Å². The lowest BCUT2D eigenvalue weighted by Gasteiger charge is -2.03. The van der Waals surface area contributed by atoms with Crippen molar-refractivity contribution in [3.05, 3.63) is 24.3 Å². The maximum atomic E-state index is 12.0. The Morgan fingerprint density at radius 2 is 2.00 bits per heavy atom. The third kappa shape index (κ3) is 3.33. The van der Waals surface area contributed by atoms with Crippen molar-refractivity contribution in [1.82, 2.24) is 15.4 Å². The average molecular weight is 255 g/mol. The van der Waals surface area contributed by atoms with Crippen molar-refractivity contribution in [1.29, 1.82) is 0 Å². The molecule has 0 saturated carbocycles. The molecule has 0 aliphatic carbocycles. The molecular weight excluding hydrogens is 244 g/mol. The molecule has 0 unspecified atom stereocenters. The SMILES string of the molecule is FC(F)CCCSc1nnnc2ccccc12. The lowest BCUT2D eigenvalue weighted by molar-refractivity contribution is 0.137. The second kappa shape index (κ2) is 5.86. The molecule has 0 N–H and O–H groups in total. The first-order chi connectivity index (χ1) is 8.27. The Labute approximate surface area is 102 Å². The Kier molecular flexibility index (Phi) is 4.19. The molecule has 0 radical (unpaired) electrons. The number of fused-ring (bicyclic) bond motifs is 1. The second-order valence-corrected chi connectivity index (χ2v) is 4.58. The van der Waals surface area contributed by atoms with E-state index in [1.165, 1.54) is 11.8 Å². The molecule has 0 saturated heterocycles. The van der Waals surface area contributed by atoms with Crippen LogP contribution in [0.4, 0.5) is 8.78 Å². The molecule has 2 aromatic rings. The number of alkyl halides is 2. The Morgan fingerprint density at radius 1 is 1.18 bits per heavy atom. The third-order valence-corrected chi connectivity index (χ3v) is 3.30. The van der Waals surface area contributed by atoms with Gasteiger partial charge in [0.05, 0.1) is 5.52 Å². The Bertz CT molecular complexity index is 488. The number of nitrogens with zero attached hydrogens (tertiary/aromatic N) is 3. The van der Waals surface area contributed by atoms with Gasteiger partial charge in [-0.05, 0) is 29.5 Å². The fourth-order valence-electron chi connectivity index (χ4n) is 1.42. The highest BCUT2D eigenvalue weighted by molar-refractivity contribution is 7.99. The summed E-state index contributed by atoms with van der Waals surface area (Å²) < 4.78 is 23.9. The first-order valence-electron chi connectivity index (χ1n) is 5.26. The molecule has 0 fully saturated rings. The van der Waals surface area contributed by atoms with E-state index < -0.39 is 6.43 Å². The van der Waals surface area contributed by atoms with E-state index in [0.717, 1.165) is 15.9 Å². The molecule has 0 spiro atoms. The summed E-state index contributed by atoms with van der Waals surface area (Å²) in [6.07, 6.45) is -1.82. The molecule has 1 aromatic heterocycles. The van der Waals surface area contributed by atoms with Crippen LogP contribution in [0.25, 0.3) is 10.9 Å². The van der Waals surface area contributed by atoms with Gasteiger partial charge >= 0.3 is 0 Å². The minimum Gasteiger partial charge on any atom is -0.211 e. The molecule has 3 nitrogen and oxygen atoms in total. The Balaban J connectivity index is 2.03. The van der Waals surface area contributed by atoms with Gasteiger partial charge in [0, 0.05) is 11.8 Å². The summed E-state index contributed by atoms with van der Waals surface area (Å²) in [4.78, 5) is 0. The van der Waals surface area contributed by atoms with Crippen molar-refractivity contribution in [3.8, 4) is 0 Å². The van der Waals surface area contributed by atoms with E-state index in [9.17, 15) is 8.78 Å². The minimum absolute atomic E-state index is 0.0660. The van der Waals surface area contributed by atoms with Crippen LogP contribution in [0.15, 0.2) is 29.3 Å². The van der Waals surface area contributed by atoms with Crippen LogP contribution in [-0.4, -0.2) is 27.6 Å². The van der Waals surface area contributed by atoms with Crippen LogP contribution < -0.4 is 0 Å². The summed E-state index contributed by atoms with van der Waals surface area (Å²) >= 11 is 1.44. The second-order valence-electron chi connectivity index (χ2n) is 3.49. The molecule has 2 rings (SSSR count). The van der Waals surface area contributed by atoms with Gasteiger partial charge in [0.1, 0.15) is 5.03 Å². The van der Waals surface area contributed by atoms with Crippen LogP contribution in [0, 0.1) is 0 Å². The zero-order chi connectivity index (χ0) is 12.1. The molecule has 17 heavy (non-hydrogen) atoms. The number of thioether (sulfide) groups is 1. The molecule has 6 heteroatoms. The molecule has 0 bridgehead atoms. The van der Waals surface area contributed by atoms with E-state index in [1.807, 2.05) is 24.3 Å². The summed E-state index contributed by atoms with van der Waals surface area (Å²) in [5.41, 5.74) is 0.777. The highest BCUT2D eigenvalue weighted by Gasteiger charge is 2.06. The number of hydrogen-bond acceptors (Lipinski definition) is 4. The molecule has 0 amide bonds. The van der Waals surface area contributed by atoms with E-state index in [1.54, 1.807) is 0 Å². The summed E-state index contributed by atoms with van der Waals surface area (Å²) in [5.74, 6) is 0.618. The van der Waals surface area contributed by atoms with E-state index in [4.69, 9.17) is 0 Å². The number of rotatable bonds is 5. The van der Waals surface area contributed by atoms with Crippen molar-refractivity contribution in [2.45, 2.75) is 24.3 Å². The number of aromatic nitrogens is 3. The minimum atomic E-state index is -2.23. The monoisotopic (exact) mass is 255 g/mol. The summed E-state index contributed by atoms with van der Waals surface area (Å²) in [6, 6.07) is 7.54. The largest absolute Gasteiger partial charge is 0.238 e. The van der Waals surface area contributed by atoms with Gasteiger partial charge in [0.2, 0.25) is 6.43 Å². The van der Waals surface area contributed by atoms with Crippen LogP contribution in [0.2, 0.25) is 0 Å². The zero-order valence-electron chi connectivity index (χ0n) is 9.01. The average Bonchev–Trinajstić information content (AvgIpc) is 2.34. The maximum absolute atomic E-state index is 12.0. The predicted octanol–water partition coefficient (Wildman–Crippen LogP) is 3.16. The van der Waals surface area contributed by atoms with E-state index in [-0.39, 0.29) is 6.42 Å². The normalized spacial score (nSPS) is 11.2. The van der Waals surface area contributed by atoms with Crippen LogP contribution >= 0.6 is 11.8 Å². The number of benzene rings is 1. The van der Waals surface area contributed by atoms with Crippen LogP contribution in [0.3, 0.4) is 0 Å². The predicted molar refractivity (Wildman–Crippen MR) is 63.3 cm³/mol. The molecule has 0 aliphatic rings. The van der Waals surface area contributed by atoms with Crippen molar-refractivity contribution < 1.29 is 8.78 Å². The van der Waals surface area contributed by atoms with E-state index >= 15 is 0 Å².